The normalized spacial score (nSPS) is 10.7. The van der Waals surface area contributed by atoms with Crippen molar-refractivity contribution in [2.45, 2.75) is 6.54 Å². The number of primary amides is 1. The topological polar surface area (TPSA) is 109 Å². The summed E-state index contributed by atoms with van der Waals surface area (Å²) in [6.07, 6.45) is 3.19. The molecule has 0 fully saturated rings. The molecule has 1 aromatic carbocycles. The Balaban J connectivity index is 1.68. The first kappa shape index (κ1) is 15.0. The number of hydrogen-bond acceptors (Lipinski definition) is 6. The fourth-order valence-corrected chi connectivity index (χ4v) is 2.01. The van der Waals surface area contributed by atoms with E-state index in [2.05, 4.69) is 15.2 Å². The highest BCUT2D eigenvalue weighted by Crippen LogP contribution is 2.20. The van der Waals surface area contributed by atoms with Crippen LogP contribution < -0.4 is 10.5 Å². The van der Waals surface area contributed by atoms with Gasteiger partial charge in [-0.2, -0.15) is 10.1 Å². The molecular weight excluding hydrogens is 322 g/mol. The molecule has 2 heterocycles. The summed E-state index contributed by atoms with van der Waals surface area (Å²) in [4.78, 5) is 15.0. The largest absolute Gasteiger partial charge is 0.484 e. The Bertz CT molecular complexity index is 812. The van der Waals surface area contributed by atoms with Crippen molar-refractivity contribution in [3.63, 3.8) is 0 Å². The molecule has 3 rings (SSSR count). The van der Waals surface area contributed by atoms with Gasteiger partial charge in [-0.1, -0.05) is 16.8 Å². The maximum atomic E-state index is 10.7. The third-order valence-corrected chi connectivity index (χ3v) is 3.06. The first-order chi connectivity index (χ1) is 11.1. The van der Waals surface area contributed by atoms with Gasteiger partial charge in [0.2, 0.25) is 11.7 Å². The van der Waals surface area contributed by atoms with E-state index in [1.807, 2.05) is 0 Å². The maximum Gasteiger partial charge on any atom is 0.255 e. The molecular formula is C14H12ClN5O3. The van der Waals surface area contributed by atoms with Crippen LogP contribution in [0.25, 0.3) is 11.4 Å². The molecule has 0 aliphatic rings. The molecule has 2 aromatic heterocycles. The van der Waals surface area contributed by atoms with Gasteiger partial charge in [0.1, 0.15) is 12.3 Å². The van der Waals surface area contributed by atoms with Gasteiger partial charge in [-0.25, -0.2) is 0 Å². The van der Waals surface area contributed by atoms with Gasteiger partial charge in [0.15, 0.2) is 6.61 Å². The minimum absolute atomic E-state index is 0.169. The molecule has 0 aliphatic carbocycles. The molecule has 0 bridgehead atoms. The maximum absolute atomic E-state index is 10.7. The van der Waals surface area contributed by atoms with Gasteiger partial charge in [-0.3, -0.25) is 9.48 Å². The van der Waals surface area contributed by atoms with Crippen molar-refractivity contribution in [2.24, 2.45) is 5.73 Å². The molecule has 0 saturated heterocycles. The van der Waals surface area contributed by atoms with Gasteiger partial charge < -0.3 is 15.0 Å². The predicted octanol–water partition coefficient (Wildman–Crippen LogP) is 1.50. The average Bonchev–Trinajstić information content (AvgIpc) is 3.15. The van der Waals surface area contributed by atoms with Gasteiger partial charge in [0.05, 0.1) is 11.2 Å². The van der Waals surface area contributed by atoms with Crippen LogP contribution in [0.5, 0.6) is 5.75 Å². The average molecular weight is 334 g/mol. The van der Waals surface area contributed by atoms with Crippen molar-refractivity contribution in [1.29, 1.82) is 0 Å². The third kappa shape index (κ3) is 3.86. The van der Waals surface area contributed by atoms with Crippen LogP contribution in [0.2, 0.25) is 5.02 Å². The Morgan fingerprint density at radius 3 is 2.78 bits per heavy atom. The highest BCUT2D eigenvalue weighted by atomic mass is 35.5. The highest BCUT2D eigenvalue weighted by molar-refractivity contribution is 6.30. The number of carbonyl (C=O) groups is 1. The van der Waals surface area contributed by atoms with Crippen LogP contribution in [0.3, 0.4) is 0 Å². The Morgan fingerprint density at radius 1 is 1.35 bits per heavy atom. The highest BCUT2D eigenvalue weighted by Gasteiger charge is 2.10. The molecule has 0 saturated carbocycles. The summed E-state index contributed by atoms with van der Waals surface area (Å²) in [6.45, 7) is 0.164. The lowest BCUT2D eigenvalue weighted by Gasteiger charge is -2.03. The number of rotatable bonds is 6. The molecule has 0 aliphatic heterocycles. The zero-order valence-electron chi connectivity index (χ0n) is 11.8. The van der Waals surface area contributed by atoms with E-state index in [0.717, 1.165) is 5.56 Å². The zero-order chi connectivity index (χ0) is 16.2. The number of nitrogens with two attached hydrogens (primary N) is 1. The van der Waals surface area contributed by atoms with Crippen LogP contribution >= 0.6 is 11.6 Å². The lowest BCUT2D eigenvalue weighted by Crippen LogP contribution is -2.19. The molecule has 0 unspecified atom stereocenters. The van der Waals surface area contributed by atoms with E-state index in [1.54, 1.807) is 35.1 Å². The minimum atomic E-state index is -0.532. The molecule has 0 radical (unpaired) electrons. The fraction of sp³-hybridized carbons (Fsp3) is 0.143. The summed E-state index contributed by atoms with van der Waals surface area (Å²) in [5.41, 5.74) is 5.77. The van der Waals surface area contributed by atoms with E-state index in [9.17, 15) is 4.79 Å². The van der Waals surface area contributed by atoms with Gasteiger partial charge in [0, 0.05) is 11.8 Å². The second kappa shape index (κ2) is 6.49. The molecule has 3 aromatic rings. The van der Waals surface area contributed by atoms with Crippen molar-refractivity contribution in [3.8, 4) is 17.1 Å². The van der Waals surface area contributed by atoms with Crippen molar-refractivity contribution in [1.82, 2.24) is 19.9 Å². The zero-order valence-corrected chi connectivity index (χ0v) is 12.6. The SMILES string of the molecule is NC(=O)COc1ccc(-c2noc(Cn3cc(Cl)cn3)n2)cc1. The third-order valence-electron chi connectivity index (χ3n) is 2.86. The van der Waals surface area contributed by atoms with Crippen LogP contribution in [-0.2, 0) is 11.3 Å². The number of benzene rings is 1. The quantitative estimate of drug-likeness (QED) is 0.732. The number of halogens is 1. The summed E-state index contributed by atoms with van der Waals surface area (Å²) in [5.74, 6) is 0.853. The van der Waals surface area contributed by atoms with Crippen LogP contribution in [0.1, 0.15) is 5.89 Å². The molecule has 2 N–H and O–H groups in total. The van der Waals surface area contributed by atoms with Crippen molar-refractivity contribution in [2.75, 3.05) is 6.61 Å². The standard InChI is InChI=1S/C14H12ClN5O3/c15-10-5-17-20(6-10)7-13-18-14(19-23-13)9-1-3-11(4-2-9)22-8-12(16)21/h1-6H,7-8H2,(H2,16,21). The minimum Gasteiger partial charge on any atom is -0.484 e. The molecule has 118 valence electrons. The lowest BCUT2D eigenvalue weighted by atomic mass is 10.2. The second-order valence-corrected chi connectivity index (χ2v) is 5.08. The smallest absolute Gasteiger partial charge is 0.255 e. The lowest BCUT2D eigenvalue weighted by molar-refractivity contribution is -0.119. The first-order valence-electron chi connectivity index (χ1n) is 6.62. The predicted molar refractivity (Wildman–Crippen MR) is 80.8 cm³/mol. The van der Waals surface area contributed by atoms with Crippen molar-refractivity contribution in [3.05, 3.63) is 47.6 Å². The summed E-state index contributed by atoms with van der Waals surface area (Å²) in [5, 5.41) is 8.50. The fourth-order valence-electron chi connectivity index (χ4n) is 1.85. The van der Waals surface area contributed by atoms with Gasteiger partial charge in [-0.15, -0.1) is 0 Å². The number of ether oxygens (including phenoxy) is 1. The van der Waals surface area contributed by atoms with Crippen LogP contribution in [0.4, 0.5) is 0 Å². The van der Waals surface area contributed by atoms with E-state index in [1.165, 1.54) is 6.20 Å². The summed E-state index contributed by atoms with van der Waals surface area (Å²) in [6, 6.07) is 6.91. The summed E-state index contributed by atoms with van der Waals surface area (Å²) in [7, 11) is 0. The molecule has 23 heavy (non-hydrogen) atoms. The number of amides is 1. The first-order valence-corrected chi connectivity index (χ1v) is 7.00. The molecule has 8 nitrogen and oxygen atoms in total. The van der Waals surface area contributed by atoms with E-state index in [0.29, 0.717) is 29.0 Å². The van der Waals surface area contributed by atoms with Crippen LogP contribution in [-0.4, -0.2) is 32.4 Å². The van der Waals surface area contributed by atoms with Gasteiger partial charge >= 0.3 is 0 Å². The number of nitrogens with zero attached hydrogens (tertiary/aromatic N) is 4. The molecule has 0 spiro atoms. The van der Waals surface area contributed by atoms with E-state index in [4.69, 9.17) is 26.6 Å². The number of aromatic nitrogens is 4. The number of hydrogen-bond donors (Lipinski definition) is 1. The van der Waals surface area contributed by atoms with E-state index >= 15 is 0 Å². The van der Waals surface area contributed by atoms with Crippen LogP contribution in [0, 0.1) is 0 Å². The summed E-state index contributed by atoms with van der Waals surface area (Å²) < 4.78 is 12.0. The Hall–Kier alpha value is -2.87. The Morgan fingerprint density at radius 2 is 2.13 bits per heavy atom. The van der Waals surface area contributed by atoms with Crippen molar-refractivity contribution >= 4 is 17.5 Å². The number of carbonyl (C=O) groups excluding carboxylic acids is 1. The Labute approximate surface area is 135 Å². The van der Waals surface area contributed by atoms with E-state index in [-0.39, 0.29) is 6.61 Å². The van der Waals surface area contributed by atoms with Crippen LogP contribution in [0.15, 0.2) is 41.2 Å². The van der Waals surface area contributed by atoms with Gasteiger partial charge in [0.25, 0.3) is 5.91 Å². The van der Waals surface area contributed by atoms with Crippen molar-refractivity contribution < 1.29 is 14.1 Å². The monoisotopic (exact) mass is 333 g/mol. The Kier molecular flexibility index (Phi) is 4.24. The van der Waals surface area contributed by atoms with E-state index < -0.39 is 5.91 Å². The second-order valence-electron chi connectivity index (χ2n) is 4.65. The summed E-state index contributed by atoms with van der Waals surface area (Å²) >= 11 is 5.80. The molecule has 1 amide bonds. The van der Waals surface area contributed by atoms with Gasteiger partial charge in [-0.05, 0) is 24.3 Å². The molecule has 0 atom stereocenters. The molecule has 9 heteroatoms.